The summed E-state index contributed by atoms with van der Waals surface area (Å²) in [5.74, 6) is -1.12. The Labute approximate surface area is 86.9 Å². The second-order valence-electron chi connectivity index (χ2n) is 2.93. The highest BCUT2D eigenvalue weighted by Gasteiger charge is 2.21. The SMILES string of the molecule is COc1cc(OC)c(C(=O)O)c(O)c1C. The van der Waals surface area contributed by atoms with Crippen LogP contribution in [-0.2, 0) is 0 Å². The van der Waals surface area contributed by atoms with Gasteiger partial charge in [-0.15, -0.1) is 0 Å². The predicted molar refractivity (Wildman–Crippen MR) is 52.9 cm³/mol. The summed E-state index contributed by atoms with van der Waals surface area (Å²) >= 11 is 0. The molecule has 0 saturated heterocycles. The molecule has 15 heavy (non-hydrogen) atoms. The fourth-order valence-electron chi connectivity index (χ4n) is 1.30. The van der Waals surface area contributed by atoms with E-state index in [0.717, 1.165) is 0 Å². The lowest BCUT2D eigenvalue weighted by Crippen LogP contribution is -2.03. The summed E-state index contributed by atoms with van der Waals surface area (Å²) in [5.41, 5.74) is 0.117. The van der Waals surface area contributed by atoms with Crippen molar-refractivity contribution >= 4 is 5.97 Å². The van der Waals surface area contributed by atoms with Gasteiger partial charge in [0.05, 0.1) is 14.2 Å². The van der Waals surface area contributed by atoms with Gasteiger partial charge in [0.25, 0.3) is 0 Å². The molecule has 0 aromatic heterocycles. The molecule has 2 N–H and O–H groups in total. The first kappa shape index (κ1) is 11.2. The van der Waals surface area contributed by atoms with Gasteiger partial charge in [-0.2, -0.15) is 0 Å². The second-order valence-corrected chi connectivity index (χ2v) is 2.93. The maximum absolute atomic E-state index is 10.9. The van der Waals surface area contributed by atoms with Gasteiger partial charge in [0.15, 0.2) is 0 Å². The summed E-state index contributed by atoms with van der Waals surface area (Å²) in [4.78, 5) is 10.9. The van der Waals surface area contributed by atoms with Crippen LogP contribution in [0.15, 0.2) is 6.07 Å². The third-order valence-corrected chi connectivity index (χ3v) is 2.12. The molecule has 0 aliphatic rings. The van der Waals surface area contributed by atoms with E-state index in [-0.39, 0.29) is 17.1 Å². The maximum atomic E-state index is 10.9. The Kier molecular flexibility index (Phi) is 3.04. The molecule has 0 spiro atoms. The molecular formula is C10H12O5. The third kappa shape index (κ3) is 1.81. The molecule has 0 heterocycles. The smallest absolute Gasteiger partial charge is 0.343 e. The first-order valence-electron chi connectivity index (χ1n) is 4.20. The molecule has 5 nitrogen and oxygen atoms in total. The topological polar surface area (TPSA) is 76.0 Å². The average molecular weight is 212 g/mol. The van der Waals surface area contributed by atoms with Crippen LogP contribution in [0.1, 0.15) is 15.9 Å². The van der Waals surface area contributed by atoms with Crippen molar-refractivity contribution in [2.45, 2.75) is 6.92 Å². The summed E-state index contributed by atoms with van der Waals surface area (Å²) in [5, 5.41) is 18.5. The average Bonchev–Trinajstić information content (AvgIpc) is 2.20. The van der Waals surface area contributed by atoms with E-state index in [2.05, 4.69) is 0 Å². The Morgan fingerprint density at radius 2 is 1.80 bits per heavy atom. The predicted octanol–water partition coefficient (Wildman–Crippen LogP) is 1.42. The van der Waals surface area contributed by atoms with Crippen molar-refractivity contribution in [1.82, 2.24) is 0 Å². The van der Waals surface area contributed by atoms with Crippen molar-refractivity contribution in [3.8, 4) is 17.2 Å². The molecule has 0 radical (unpaired) electrons. The molecule has 0 saturated carbocycles. The third-order valence-electron chi connectivity index (χ3n) is 2.12. The van der Waals surface area contributed by atoms with Crippen molar-refractivity contribution in [3.63, 3.8) is 0 Å². The number of carbonyl (C=O) groups is 1. The molecule has 0 bridgehead atoms. The van der Waals surface area contributed by atoms with Crippen LogP contribution >= 0.6 is 0 Å². The van der Waals surface area contributed by atoms with E-state index in [0.29, 0.717) is 11.3 Å². The molecule has 0 aliphatic carbocycles. The monoisotopic (exact) mass is 212 g/mol. The molecule has 0 aliphatic heterocycles. The van der Waals surface area contributed by atoms with Crippen LogP contribution < -0.4 is 9.47 Å². The zero-order valence-corrected chi connectivity index (χ0v) is 8.70. The first-order valence-corrected chi connectivity index (χ1v) is 4.20. The van der Waals surface area contributed by atoms with Gasteiger partial charge in [0, 0.05) is 11.6 Å². The van der Waals surface area contributed by atoms with E-state index in [1.165, 1.54) is 20.3 Å². The minimum atomic E-state index is -1.24. The van der Waals surface area contributed by atoms with Crippen LogP contribution in [0.2, 0.25) is 0 Å². The van der Waals surface area contributed by atoms with Gasteiger partial charge in [-0.3, -0.25) is 0 Å². The van der Waals surface area contributed by atoms with Crippen LogP contribution in [0.4, 0.5) is 0 Å². The summed E-state index contributed by atoms with van der Waals surface area (Å²) in [7, 11) is 2.76. The fourth-order valence-corrected chi connectivity index (χ4v) is 1.30. The molecule has 1 aromatic rings. The van der Waals surface area contributed by atoms with E-state index < -0.39 is 5.97 Å². The number of carboxylic acid groups (broad SMARTS) is 1. The van der Waals surface area contributed by atoms with E-state index >= 15 is 0 Å². The minimum absolute atomic E-state index is 0.0717. The van der Waals surface area contributed by atoms with Gasteiger partial charge < -0.3 is 19.7 Å². The molecular weight excluding hydrogens is 200 g/mol. The van der Waals surface area contributed by atoms with Gasteiger partial charge in [-0.05, 0) is 6.92 Å². The Hall–Kier alpha value is -1.91. The van der Waals surface area contributed by atoms with Crippen molar-refractivity contribution in [3.05, 3.63) is 17.2 Å². The van der Waals surface area contributed by atoms with Crippen molar-refractivity contribution in [2.75, 3.05) is 14.2 Å². The molecule has 0 amide bonds. The summed E-state index contributed by atoms with van der Waals surface area (Å²) < 4.78 is 9.83. The van der Waals surface area contributed by atoms with Gasteiger partial charge in [-0.1, -0.05) is 0 Å². The molecule has 1 rings (SSSR count). The Morgan fingerprint density at radius 1 is 1.27 bits per heavy atom. The van der Waals surface area contributed by atoms with Crippen molar-refractivity contribution in [2.24, 2.45) is 0 Å². The largest absolute Gasteiger partial charge is 0.506 e. The van der Waals surface area contributed by atoms with Crippen LogP contribution in [0.3, 0.4) is 0 Å². The summed E-state index contributed by atoms with van der Waals surface area (Å²) in [6.07, 6.45) is 0. The van der Waals surface area contributed by atoms with Crippen LogP contribution in [0.25, 0.3) is 0 Å². The number of ether oxygens (including phenoxy) is 2. The first-order chi connectivity index (χ1) is 7.02. The van der Waals surface area contributed by atoms with Crippen LogP contribution in [0, 0.1) is 6.92 Å². The van der Waals surface area contributed by atoms with Crippen LogP contribution in [0.5, 0.6) is 17.2 Å². The number of carboxylic acids is 1. The Balaban J connectivity index is 3.51. The number of aromatic hydroxyl groups is 1. The number of aromatic carboxylic acids is 1. The molecule has 0 fully saturated rings. The van der Waals surface area contributed by atoms with Gasteiger partial charge in [0.2, 0.25) is 0 Å². The van der Waals surface area contributed by atoms with E-state index in [4.69, 9.17) is 14.6 Å². The number of phenols is 1. The lowest BCUT2D eigenvalue weighted by Gasteiger charge is -2.12. The number of rotatable bonds is 3. The number of benzene rings is 1. The van der Waals surface area contributed by atoms with Gasteiger partial charge >= 0.3 is 5.97 Å². The number of hydrogen-bond donors (Lipinski definition) is 2. The van der Waals surface area contributed by atoms with Crippen molar-refractivity contribution in [1.29, 1.82) is 0 Å². The van der Waals surface area contributed by atoms with E-state index in [1.807, 2.05) is 0 Å². The molecule has 5 heteroatoms. The fraction of sp³-hybridized carbons (Fsp3) is 0.300. The number of hydrogen-bond acceptors (Lipinski definition) is 4. The van der Waals surface area contributed by atoms with E-state index in [1.54, 1.807) is 6.92 Å². The zero-order chi connectivity index (χ0) is 11.6. The summed E-state index contributed by atoms with van der Waals surface area (Å²) in [6, 6.07) is 1.43. The minimum Gasteiger partial charge on any atom is -0.506 e. The summed E-state index contributed by atoms with van der Waals surface area (Å²) in [6.45, 7) is 1.57. The lowest BCUT2D eigenvalue weighted by atomic mass is 10.1. The van der Waals surface area contributed by atoms with Crippen molar-refractivity contribution < 1.29 is 24.5 Å². The number of methoxy groups -OCH3 is 2. The highest BCUT2D eigenvalue weighted by atomic mass is 16.5. The second kappa shape index (κ2) is 4.08. The van der Waals surface area contributed by atoms with Gasteiger partial charge in [-0.25, -0.2) is 4.79 Å². The molecule has 0 atom stereocenters. The molecule has 1 aromatic carbocycles. The van der Waals surface area contributed by atoms with E-state index in [9.17, 15) is 9.90 Å². The lowest BCUT2D eigenvalue weighted by molar-refractivity contribution is 0.0689. The molecule has 0 unspecified atom stereocenters. The highest BCUT2D eigenvalue weighted by Crippen LogP contribution is 2.37. The molecule has 82 valence electrons. The zero-order valence-electron chi connectivity index (χ0n) is 8.70. The normalized spacial score (nSPS) is 9.80. The van der Waals surface area contributed by atoms with Crippen LogP contribution in [-0.4, -0.2) is 30.4 Å². The Morgan fingerprint density at radius 3 is 2.20 bits per heavy atom. The standard InChI is InChI=1S/C10H12O5/c1-5-6(14-2)4-7(15-3)8(9(5)11)10(12)13/h4,11H,1-3H3,(H,12,13). The quantitative estimate of drug-likeness (QED) is 0.792. The Bertz CT molecular complexity index is 397. The maximum Gasteiger partial charge on any atom is 0.343 e. The van der Waals surface area contributed by atoms with Gasteiger partial charge in [0.1, 0.15) is 22.8 Å². The highest BCUT2D eigenvalue weighted by molar-refractivity contribution is 5.95.